The number of carbonyl (C=O) groups is 2. The predicted molar refractivity (Wildman–Crippen MR) is 147 cm³/mol. The largest absolute Gasteiger partial charge is 0.465 e. The minimum Gasteiger partial charge on any atom is -0.465 e. The molecule has 0 aliphatic heterocycles. The summed E-state index contributed by atoms with van der Waals surface area (Å²) in [5, 5.41) is 0.240. The topological polar surface area (TPSA) is 116 Å². The molecule has 0 fully saturated rings. The molecule has 0 aliphatic rings. The number of amides is 1. The van der Waals surface area contributed by atoms with Gasteiger partial charge in [0.2, 0.25) is 10.0 Å². The molecule has 0 radical (unpaired) electrons. The summed E-state index contributed by atoms with van der Waals surface area (Å²) in [6, 6.07) is 28.9. The monoisotopic (exact) mass is 541 g/mol. The number of hydrogen-bond acceptors (Lipinski definition) is 6. The van der Waals surface area contributed by atoms with Crippen LogP contribution in [0.25, 0.3) is 22.3 Å². The second kappa shape index (κ2) is 10.4. The number of benzene rings is 4. The normalized spacial score (nSPS) is 11.3. The van der Waals surface area contributed by atoms with Gasteiger partial charge in [-0.1, -0.05) is 54.6 Å². The van der Waals surface area contributed by atoms with E-state index in [0.717, 1.165) is 5.69 Å². The van der Waals surface area contributed by atoms with E-state index in [1.807, 2.05) is 53.3 Å². The number of ether oxygens (including phenoxy) is 1. The van der Waals surface area contributed by atoms with Crippen molar-refractivity contribution in [3.05, 3.63) is 130 Å². The van der Waals surface area contributed by atoms with E-state index in [0.29, 0.717) is 11.2 Å². The van der Waals surface area contributed by atoms with E-state index < -0.39 is 27.7 Å². The fraction of sp³-hybridized carbons (Fsp3) is 0.0690. The van der Waals surface area contributed by atoms with Crippen LogP contribution in [0.5, 0.6) is 0 Å². The Hall–Kier alpha value is -4.96. The zero-order chi connectivity index (χ0) is 27.6. The maximum atomic E-state index is 13.6. The second-order valence-corrected chi connectivity index (χ2v) is 10.4. The lowest BCUT2D eigenvalue weighted by molar-refractivity contribution is 0.0599. The first-order valence-electron chi connectivity index (χ1n) is 11.9. The van der Waals surface area contributed by atoms with E-state index in [9.17, 15) is 22.8 Å². The van der Waals surface area contributed by atoms with Crippen LogP contribution in [0.4, 0.5) is 0 Å². The van der Waals surface area contributed by atoms with E-state index in [2.05, 4.69) is 0 Å². The van der Waals surface area contributed by atoms with Crippen molar-refractivity contribution in [3.8, 4) is 11.4 Å². The van der Waals surface area contributed by atoms with Crippen LogP contribution in [-0.4, -0.2) is 36.8 Å². The molecule has 1 aromatic heterocycles. The van der Waals surface area contributed by atoms with Crippen molar-refractivity contribution in [2.24, 2.45) is 0 Å². The van der Waals surface area contributed by atoms with E-state index >= 15 is 0 Å². The third-order valence-corrected chi connectivity index (χ3v) is 7.32. The maximum absolute atomic E-state index is 13.6. The number of nitrogens with one attached hydrogen (secondary N) is 1. The lowest BCUT2D eigenvalue weighted by atomic mass is 10.1. The third kappa shape index (κ3) is 5.10. The van der Waals surface area contributed by atoms with Crippen molar-refractivity contribution in [2.75, 3.05) is 7.11 Å². The van der Waals surface area contributed by atoms with Gasteiger partial charge >= 0.3 is 5.97 Å². The average Bonchev–Trinajstić information content (AvgIpc) is 3.25. The van der Waals surface area contributed by atoms with Gasteiger partial charge in [0.1, 0.15) is 0 Å². The Morgan fingerprint density at radius 3 is 2.03 bits per heavy atom. The zero-order valence-electron chi connectivity index (χ0n) is 20.8. The number of esters is 1. The molecular weight excluding hydrogens is 518 g/mol. The molecule has 0 atom stereocenters. The molecule has 39 heavy (non-hydrogen) atoms. The van der Waals surface area contributed by atoms with Gasteiger partial charge in [0.25, 0.3) is 11.5 Å². The van der Waals surface area contributed by atoms with Gasteiger partial charge in [-0.25, -0.2) is 27.3 Å². The van der Waals surface area contributed by atoms with Gasteiger partial charge in [-0.15, -0.1) is 0 Å². The van der Waals surface area contributed by atoms with Crippen molar-refractivity contribution < 1.29 is 22.7 Å². The van der Waals surface area contributed by atoms with Crippen LogP contribution in [-0.2, 0) is 20.5 Å². The van der Waals surface area contributed by atoms with Crippen LogP contribution in [0.2, 0.25) is 0 Å². The first-order chi connectivity index (χ1) is 18.8. The lowest BCUT2D eigenvalue weighted by Crippen LogP contribution is -2.32. The van der Waals surface area contributed by atoms with Crippen LogP contribution in [0, 0.1) is 0 Å². The highest BCUT2D eigenvalue weighted by atomic mass is 32.2. The highest BCUT2D eigenvalue weighted by Gasteiger charge is 2.23. The standard InChI is InChI=1S/C29H23N3O6S/c1-38-29(35)24-15-9-8-10-21(24)19-39(36,37)30-27(33)20-16-17-26-25(18-20)28(34)32(23-13-6-3-7-14-23)31(26)22-11-4-2-5-12-22/h2-18H,19H2,1H3,(H,30,33). The molecule has 0 saturated heterocycles. The van der Waals surface area contributed by atoms with Gasteiger partial charge in [-0.05, 0) is 54.1 Å². The fourth-order valence-corrected chi connectivity index (χ4v) is 5.50. The highest BCUT2D eigenvalue weighted by molar-refractivity contribution is 7.89. The Labute approximate surface area is 223 Å². The molecule has 5 aromatic rings. The quantitative estimate of drug-likeness (QED) is 0.313. The number of carbonyl (C=O) groups excluding carboxylic acids is 2. The molecular formula is C29H23N3O6S. The van der Waals surface area contributed by atoms with E-state index in [-0.39, 0.29) is 27.6 Å². The summed E-state index contributed by atoms with van der Waals surface area (Å²) in [7, 11) is -3.00. The smallest absolute Gasteiger partial charge is 0.338 e. The molecule has 1 heterocycles. The number of nitrogens with zero attached hydrogens (tertiary/aromatic N) is 2. The number of fused-ring (bicyclic) bond motifs is 1. The zero-order valence-corrected chi connectivity index (χ0v) is 21.6. The summed E-state index contributed by atoms with van der Waals surface area (Å²) in [6.45, 7) is 0. The molecule has 196 valence electrons. The Morgan fingerprint density at radius 1 is 0.795 bits per heavy atom. The van der Waals surface area contributed by atoms with Crippen LogP contribution >= 0.6 is 0 Å². The van der Waals surface area contributed by atoms with Gasteiger partial charge in [0, 0.05) is 5.56 Å². The van der Waals surface area contributed by atoms with E-state index in [1.165, 1.54) is 36.1 Å². The van der Waals surface area contributed by atoms with E-state index in [4.69, 9.17) is 4.74 Å². The number of methoxy groups -OCH3 is 1. The van der Waals surface area contributed by atoms with Crippen molar-refractivity contribution in [3.63, 3.8) is 0 Å². The molecule has 0 bridgehead atoms. The molecule has 1 amide bonds. The SMILES string of the molecule is COC(=O)c1ccccc1CS(=O)(=O)NC(=O)c1ccc2c(c1)c(=O)n(-c1ccccc1)n2-c1ccccc1. The lowest BCUT2D eigenvalue weighted by Gasteiger charge is -2.13. The molecule has 5 rings (SSSR count). The minimum atomic E-state index is -4.19. The predicted octanol–water partition coefficient (Wildman–Crippen LogP) is 3.83. The van der Waals surface area contributed by atoms with Crippen LogP contribution in [0.1, 0.15) is 26.3 Å². The Bertz CT molecular complexity index is 1860. The number of hydrogen-bond donors (Lipinski definition) is 1. The molecule has 0 unspecified atom stereocenters. The first-order valence-corrected chi connectivity index (χ1v) is 13.5. The van der Waals surface area contributed by atoms with E-state index in [1.54, 1.807) is 35.0 Å². The molecule has 4 aromatic carbocycles. The number of aromatic nitrogens is 2. The maximum Gasteiger partial charge on any atom is 0.338 e. The van der Waals surface area contributed by atoms with Gasteiger partial charge in [0.05, 0.1) is 40.7 Å². The number of para-hydroxylation sites is 2. The molecule has 0 saturated carbocycles. The number of sulfonamides is 1. The minimum absolute atomic E-state index is 0.00477. The van der Waals surface area contributed by atoms with Crippen molar-refractivity contribution in [1.29, 1.82) is 0 Å². The summed E-state index contributed by atoms with van der Waals surface area (Å²) in [4.78, 5) is 38.6. The fourth-order valence-electron chi connectivity index (χ4n) is 4.37. The molecule has 0 spiro atoms. The summed E-state index contributed by atoms with van der Waals surface area (Å²) in [6.07, 6.45) is 0. The molecule has 1 N–H and O–H groups in total. The van der Waals surface area contributed by atoms with Crippen LogP contribution in [0.15, 0.2) is 108 Å². The van der Waals surface area contributed by atoms with Gasteiger partial charge in [0.15, 0.2) is 0 Å². The Kier molecular flexibility index (Phi) is 6.86. The average molecular weight is 542 g/mol. The Morgan fingerprint density at radius 2 is 1.38 bits per heavy atom. The van der Waals surface area contributed by atoms with Gasteiger partial charge in [-0.3, -0.25) is 9.59 Å². The molecule has 9 nitrogen and oxygen atoms in total. The van der Waals surface area contributed by atoms with Crippen LogP contribution < -0.4 is 10.3 Å². The summed E-state index contributed by atoms with van der Waals surface area (Å²) >= 11 is 0. The summed E-state index contributed by atoms with van der Waals surface area (Å²) in [5.74, 6) is -2.20. The number of rotatable bonds is 7. The van der Waals surface area contributed by atoms with Gasteiger partial charge < -0.3 is 4.74 Å². The first kappa shape index (κ1) is 25.7. The van der Waals surface area contributed by atoms with Crippen molar-refractivity contribution >= 4 is 32.8 Å². The van der Waals surface area contributed by atoms with Gasteiger partial charge in [-0.2, -0.15) is 0 Å². The van der Waals surface area contributed by atoms with Crippen LogP contribution in [0.3, 0.4) is 0 Å². The summed E-state index contributed by atoms with van der Waals surface area (Å²) in [5.41, 5.74) is 1.80. The molecule has 10 heteroatoms. The summed E-state index contributed by atoms with van der Waals surface area (Å²) < 4.78 is 35.7. The highest BCUT2D eigenvalue weighted by Crippen LogP contribution is 2.22. The van der Waals surface area contributed by atoms with Crippen molar-refractivity contribution in [1.82, 2.24) is 14.1 Å². The third-order valence-electron chi connectivity index (χ3n) is 6.13. The van der Waals surface area contributed by atoms with Crippen molar-refractivity contribution in [2.45, 2.75) is 5.75 Å². The Balaban J connectivity index is 1.52. The second-order valence-electron chi connectivity index (χ2n) is 8.67. The molecule has 0 aliphatic carbocycles.